The summed E-state index contributed by atoms with van der Waals surface area (Å²) in [5.74, 6) is -0.710. The third-order valence-corrected chi connectivity index (χ3v) is 8.45. The SMILES string of the molecule is C=C(C)C(=O)OCC1CO1.CCC(C)(C)C(=O)OCC1CO1.CCN(CC)CCN.CCN(CC)CCNCC(O)COC(=O)C(C)(C)CC.P. The van der Waals surface area contributed by atoms with Gasteiger partial charge in [-0.15, -0.1) is 0 Å². The number of esters is 3. The molecule has 0 aromatic carbocycles. The molecule has 304 valence electrons. The first-order chi connectivity index (χ1) is 23.5. The molecule has 4 atom stereocenters. The van der Waals surface area contributed by atoms with Crippen molar-refractivity contribution in [1.82, 2.24) is 15.1 Å². The van der Waals surface area contributed by atoms with Crippen LogP contribution < -0.4 is 11.1 Å². The van der Waals surface area contributed by atoms with Crippen LogP contribution in [0.2, 0.25) is 0 Å². The van der Waals surface area contributed by atoms with Crippen molar-refractivity contribution in [3.63, 3.8) is 0 Å². The van der Waals surface area contributed by atoms with Crippen molar-refractivity contribution in [2.45, 2.75) is 107 Å². The first kappa shape index (κ1) is 53.7. The summed E-state index contributed by atoms with van der Waals surface area (Å²) < 4.78 is 24.7. The minimum absolute atomic E-state index is 0. The van der Waals surface area contributed by atoms with E-state index in [2.05, 4.69) is 49.4 Å². The molecule has 0 amide bonds. The quantitative estimate of drug-likeness (QED) is 0.0368. The van der Waals surface area contributed by atoms with Crippen LogP contribution in [-0.2, 0) is 38.1 Å². The maximum absolute atomic E-state index is 11.7. The molecule has 2 aliphatic rings. The number of nitrogens with zero attached hydrogens (tertiary/aromatic N) is 2. The number of carbonyl (C=O) groups is 3. The number of nitrogens with one attached hydrogen (secondary N) is 1. The molecule has 0 aromatic heterocycles. The van der Waals surface area contributed by atoms with Crippen molar-refractivity contribution in [1.29, 1.82) is 0 Å². The second kappa shape index (κ2) is 30.7. The van der Waals surface area contributed by atoms with Crippen LogP contribution in [0.3, 0.4) is 0 Å². The van der Waals surface area contributed by atoms with Crippen molar-refractivity contribution in [3.05, 3.63) is 12.2 Å². The summed E-state index contributed by atoms with van der Waals surface area (Å²) in [6, 6.07) is 0. The van der Waals surface area contributed by atoms with Gasteiger partial charge in [0.05, 0.1) is 24.0 Å². The molecule has 0 bridgehead atoms. The number of epoxide rings is 2. The van der Waals surface area contributed by atoms with Crippen molar-refractivity contribution in [2.75, 3.05) is 91.9 Å². The summed E-state index contributed by atoms with van der Waals surface area (Å²) in [6.45, 7) is 35.7. The Hall–Kier alpha value is -1.70. The smallest absolute Gasteiger partial charge is 0.333 e. The fourth-order valence-electron chi connectivity index (χ4n) is 3.47. The van der Waals surface area contributed by atoms with Crippen LogP contribution in [0.15, 0.2) is 12.2 Å². The average molecular weight is 753 g/mol. The summed E-state index contributed by atoms with van der Waals surface area (Å²) in [6.07, 6.45) is 1.19. The molecule has 0 spiro atoms. The second-order valence-corrected chi connectivity index (χ2v) is 13.7. The molecule has 0 aromatic rings. The van der Waals surface area contributed by atoms with Gasteiger partial charge in [-0.05, 0) is 73.6 Å². The Labute approximate surface area is 313 Å². The van der Waals surface area contributed by atoms with Crippen LogP contribution in [0.4, 0.5) is 0 Å². The minimum atomic E-state index is -0.650. The molecule has 51 heavy (non-hydrogen) atoms. The van der Waals surface area contributed by atoms with E-state index in [1.807, 2.05) is 41.5 Å². The van der Waals surface area contributed by atoms with Crippen LogP contribution in [0.5, 0.6) is 0 Å². The Kier molecular flexibility index (Phi) is 32.3. The molecule has 4 N–H and O–H groups in total. The fraction of sp³-hybridized carbons (Fsp3) is 0.865. The van der Waals surface area contributed by atoms with Gasteiger partial charge in [-0.25, -0.2) is 4.79 Å². The van der Waals surface area contributed by atoms with Crippen LogP contribution in [0.25, 0.3) is 0 Å². The highest BCUT2D eigenvalue weighted by Crippen LogP contribution is 2.23. The molecule has 0 radical (unpaired) electrons. The Bertz CT molecular complexity index is 924. The Morgan fingerprint density at radius 2 is 1.24 bits per heavy atom. The first-order valence-corrected chi connectivity index (χ1v) is 18.4. The third kappa shape index (κ3) is 29.4. The van der Waals surface area contributed by atoms with Crippen molar-refractivity contribution >= 4 is 27.8 Å². The van der Waals surface area contributed by atoms with E-state index in [1.165, 1.54) is 0 Å². The number of ether oxygens (including phenoxy) is 5. The van der Waals surface area contributed by atoms with E-state index in [0.717, 1.165) is 71.8 Å². The normalized spacial score (nSPS) is 16.5. The van der Waals surface area contributed by atoms with Crippen LogP contribution >= 0.6 is 9.90 Å². The monoisotopic (exact) mass is 753 g/mol. The van der Waals surface area contributed by atoms with Crippen LogP contribution in [-0.4, -0.2) is 143 Å². The summed E-state index contributed by atoms with van der Waals surface area (Å²) in [5, 5.41) is 12.9. The van der Waals surface area contributed by atoms with Gasteiger partial charge >= 0.3 is 17.9 Å². The highest BCUT2D eigenvalue weighted by molar-refractivity contribution is 6.92. The lowest BCUT2D eigenvalue weighted by Crippen LogP contribution is -2.37. The fourth-order valence-corrected chi connectivity index (χ4v) is 3.47. The number of aliphatic hydroxyl groups is 1. The second-order valence-electron chi connectivity index (χ2n) is 13.7. The maximum Gasteiger partial charge on any atom is 0.333 e. The average Bonchev–Trinajstić information content (AvgIpc) is 4.04. The lowest BCUT2D eigenvalue weighted by Gasteiger charge is -2.22. The number of aliphatic hydroxyl groups excluding tert-OH is 1. The largest absolute Gasteiger partial charge is 0.462 e. The predicted octanol–water partition coefficient (Wildman–Crippen LogP) is 3.47. The zero-order chi connectivity index (χ0) is 38.8. The maximum atomic E-state index is 11.7. The van der Waals surface area contributed by atoms with E-state index in [1.54, 1.807) is 6.92 Å². The molecule has 13 nitrogen and oxygen atoms in total. The van der Waals surface area contributed by atoms with Gasteiger partial charge in [0.1, 0.15) is 38.1 Å². The zero-order valence-electron chi connectivity index (χ0n) is 34.1. The molecule has 14 heteroatoms. The Morgan fingerprint density at radius 3 is 1.59 bits per heavy atom. The zero-order valence-corrected chi connectivity index (χ0v) is 35.6. The van der Waals surface area contributed by atoms with E-state index in [0.29, 0.717) is 31.9 Å². The number of nitrogens with two attached hydrogens (primary N) is 1. The number of rotatable bonds is 22. The molecular weight excluding hydrogens is 675 g/mol. The van der Waals surface area contributed by atoms with Gasteiger partial charge in [0.25, 0.3) is 0 Å². The summed E-state index contributed by atoms with van der Waals surface area (Å²) in [7, 11) is 0. The predicted molar refractivity (Wildman–Crippen MR) is 210 cm³/mol. The lowest BCUT2D eigenvalue weighted by molar-refractivity contribution is -0.157. The lowest BCUT2D eigenvalue weighted by atomic mass is 9.91. The van der Waals surface area contributed by atoms with Crippen molar-refractivity contribution < 1.29 is 43.2 Å². The standard InChI is InChI=1S/C15H32N2O3.C9H16O3.C7H10O3.C6H16N2.H3P/c1-6-15(4,5)14(19)20-12-13(18)11-16-9-10-17(7-2)8-3;1-4-9(2,3)8(10)12-6-7-5-11-7;1-5(2)7(8)10-4-6-3-9-6;1-3-8(4-2)6-5-7;/h13,16,18H,6-12H2,1-5H3;7H,4-6H2,1-3H3;6H,1,3-4H2,2H3;3-7H2,1-2H3;1H3. The highest BCUT2D eigenvalue weighted by Gasteiger charge is 2.31. The van der Waals surface area contributed by atoms with E-state index in [4.69, 9.17) is 29.4 Å². The number of likely N-dealkylation sites (N-methyl/N-ethyl adjacent to an activating group) is 2. The van der Waals surface area contributed by atoms with Gasteiger partial charge in [0.2, 0.25) is 0 Å². The van der Waals surface area contributed by atoms with Gasteiger partial charge in [0.15, 0.2) is 0 Å². The minimum Gasteiger partial charge on any atom is -0.462 e. The van der Waals surface area contributed by atoms with Crippen LogP contribution in [0, 0.1) is 10.8 Å². The molecule has 2 saturated heterocycles. The highest BCUT2D eigenvalue weighted by atomic mass is 31.0. The van der Waals surface area contributed by atoms with Gasteiger partial charge in [-0.1, -0.05) is 48.1 Å². The molecule has 2 aliphatic heterocycles. The number of carbonyl (C=O) groups excluding carboxylic acids is 3. The van der Waals surface area contributed by atoms with E-state index in [9.17, 15) is 19.5 Å². The third-order valence-electron chi connectivity index (χ3n) is 8.45. The van der Waals surface area contributed by atoms with E-state index in [-0.39, 0.29) is 52.0 Å². The van der Waals surface area contributed by atoms with Crippen molar-refractivity contribution in [2.24, 2.45) is 16.6 Å². The molecule has 2 fully saturated rings. The molecule has 2 heterocycles. The molecule has 0 saturated carbocycles. The van der Waals surface area contributed by atoms with Crippen LogP contribution in [0.1, 0.15) is 89.0 Å². The van der Waals surface area contributed by atoms with Crippen molar-refractivity contribution in [3.8, 4) is 0 Å². The molecule has 0 aliphatic carbocycles. The topological polar surface area (TPSA) is 169 Å². The molecular formula is C37H77N4O9P. The summed E-state index contributed by atoms with van der Waals surface area (Å²) in [4.78, 5) is 38.4. The Morgan fingerprint density at radius 1 is 0.824 bits per heavy atom. The van der Waals surface area contributed by atoms with Gasteiger partial charge < -0.3 is 49.6 Å². The first-order valence-electron chi connectivity index (χ1n) is 18.4. The van der Waals surface area contributed by atoms with E-state index >= 15 is 0 Å². The Balaban J connectivity index is -0.000000637. The van der Waals surface area contributed by atoms with E-state index < -0.39 is 11.5 Å². The summed E-state index contributed by atoms with van der Waals surface area (Å²) >= 11 is 0. The van der Waals surface area contributed by atoms with Gasteiger partial charge in [0, 0.05) is 38.3 Å². The number of hydrogen-bond acceptors (Lipinski definition) is 13. The van der Waals surface area contributed by atoms with Gasteiger partial charge in [-0.2, -0.15) is 9.90 Å². The van der Waals surface area contributed by atoms with Gasteiger partial charge in [-0.3, -0.25) is 9.59 Å². The number of hydrogen-bond donors (Lipinski definition) is 3. The molecule has 2 rings (SSSR count). The summed E-state index contributed by atoms with van der Waals surface area (Å²) in [5.41, 5.74) is 4.94. The molecule has 4 unspecified atom stereocenters.